The quantitative estimate of drug-likeness (QED) is 0.773. The zero-order valence-corrected chi connectivity index (χ0v) is 11.1. The first-order valence-corrected chi connectivity index (χ1v) is 6.80. The first kappa shape index (κ1) is 12.6. The van der Waals surface area contributed by atoms with Crippen molar-refractivity contribution in [2.75, 3.05) is 0 Å². The molecule has 0 unspecified atom stereocenters. The number of aromatic nitrogens is 2. The minimum absolute atomic E-state index is 0.221. The molecule has 5 nitrogen and oxygen atoms in total. The third kappa shape index (κ3) is 2.21. The molecular weight excluding hydrogens is 276 g/mol. The highest BCUT2D eigenvalue weighted by atomic mass is 32.1. The van der Waals surface area contributed by atoms with Crippen molar-refractivity contribution >= 4 is 28.1 Å². The Morgan fingerprint density at radius 1 is 1.30 bits per heavy atom. The van der Waals surface area contributed by atoms with E-state index in [1.165, 1.54) is 11.3 Å². The van der Waals surface area contributed by atoms with E-state index in [0.717, 1.165) is 16.0 Å². The van der Waals surface area contributed by atoms with E-state index in [9.17, 15) is 9.59 Å². The number of H-pyrrole nitrogens is 1. The lowest BCUT2D eigenvalue weighted by atomic mass is 10.1. The van der Waals surface area contributed by atoms with Crippen LogP contribution in [-0.2, 0) is 6.42 Å². The van der Waals surface area contributed by atoms with Crippen LogP contribution in [0.5, 0.6) is 0 Å². The summed E-state index contributed by atoms with van der Waals surface area (Å²) in [5, 5.41) is 18.5. The van der Waals surface area contributed by atoms with Crippen LogP contribution in [0.25, 0.3) is 10.8 Å². The SMILES string of the molecule is O=C(O)c1csc(Cc2n[nH]c(=O)c3ccccc23)c1. The normalized spacial score (nSPS) is 10.8. The van der Waals surface area contributed by atoms with E-state index in [4.69, 9.17) is 5.11 Å². The minimum Gasteiger partial charge on any atom is -0.478 e. The van der Waals surface area contributed by atoms with Gasteiger partial charge in [0.25, 0.3) is 5.56 Å². The highest BCUT2D eigenvalue weighted by Gasteiger charge is 2.10. The summed E-state index contributed by atoms with van der Waals surface area (Å²) in [5.41, 5.74) is 0.791. The Kier molecular flexibility index (Phi) is 3.08. The molecule has 3 rings (SSSR count). The summed E-state index contributed by atoms with van der Waals surface area (Å²) < 4.78 is 0. The molecule has 0 atom stereocenters. The molecule has 100 valence electrons. The molecule has 20 heavy (non-hydrogen) atoms. The number of rotatable bonds is 3. The molecule has 0 aliphatic rings. The smallest absolute Gasteiger partial charge is 0.336 e. The molecule has 3 aromatic rings. The Balaban J connectivity index is 2.04. The van der Waals surface area contributed by atoms with E-state index in [0.29, 0.717) is 11.8 Å². The van der Waals surface area contributed by atoms with Gasteiger partial charge in [-0.1, -0.05) is 18.2 Å². The lowest BCUT2D eigenvalue weighted by Crippen LogP contribution is -2.11. The predicted molar refractivity (Wildman–Crippen MR) is 76.4 cm³/mol. The van der Waals surface area contributed by atoms with Gasteiger partial charge in [-0.3, -0.25) is 4.79 Å². The highest BCUT2D eigenvalue weighted by Crippen LogP contribution is 2.21. The van der Waals surface area contributed by atoms with Crippen LogP contribution in [0.1, 0.15) is 20.9 Å². The van der Waals surface area contributed by atoms with Crippen LogP contribution in [0.15, 0.2) is 40.5 Å². The van der Waals surface area contributed by atoms with Gasteiger partial charge in [-0.05, 0) is 12.1 Å². The monoisotopic (exact) mass is 286 g/mol. The second kappa shape index (κ2) is 4.90. The number of benzene rings is 1. The molecular formula is C14H10N2O3S. The van der Waals surface area contributed by atoms with Crippen molar-refractivity contribution in [3.8, 4) is 0 Å². The largest absolute Gasteiger partial charge is 0.478 e. The topological polar surface area (TPSA) is 83.0 Å². The maximum absolute atomic E-state index is 11.7. The van der Waals surface area contributed by atoms with Crippen molar-refractivity contribution in [2.45, 2.75) is 6.42 Å². The van der Waals surface area contributed by atoms with Crippen LogP contribution in [0.2, 0.25) is 0 Å². The van der Waals surface area contributed by atoms with Gasteiger partial charge in [-0.2, -0.15) is 5.10 Å². The van der Waals surface area contributed by atoms with Crippen molar-refractivity contribution in [2.24, 2.45) is 0 Å². The summed E-state index contributed by atoms with van der Waals surface area (Å²) in [6, 6.07) is 8.88. The molecule has 0 saturated carbocycles. The van der Waals surface area contributed by atoms with Gasteiger partial charge >= 0.3 is 5.97 Å². The van der Waals surface area contributed by atoms with Gasteiger partial charge in [-0.25, -0.2) is 9.89 Å². The third-order valence-corrected chi connectivity index (χ3v) is 3.95. The Labute approximate surface area is 117 Å². The van der Waals surface area contributed by atoms with Crippen molar-refractivity contribution in [1.29, 1.82) is 0 Å². The van der Waals surface area contributed by atoms with Crippen molar-refractivity contribution < 1.29 is 9.90 Å². The fourth-order valence-corrected chi connectivity index (χ4v) is 2.92. The van der Waals surface area contributed by atoms with E-state index in [1.54, 1.807) is 23.6 Å². The number of nitrogens with one attached hydrogen (secondary N) is 1. The molecule has 6 heteroatoms. The maximum Gasteiger partial charge on any atom is 0.336 e. The van der Waals surface area contributed by atoms with Gasteiger partial charge in [0.2, 0.25) is 0 Å². The Hall–Kier alpha value is -2.47. The van der Waals surface area contributed by atoms with Crippen LogP contribution in [0.4, 0.5) is 0 Å². The Morgan fingerprint density at radius 2 is 2.05 bits per heavy atom. The zero-order chi connectivity index (χ0) is 14.1. The van der Waals surface area contributed by atoms with Crippen LogP contribution in [0, 0.1) is 0 Å². The van der Waals surface area contributed by atoms with Gasteiger partial charge in [0.15, 0.2) is 0 Å². The number of nitrogens with zero attached hydrogens (tertiary/aromatic N) is 1. The lowest BCUT2D eigenvalue weighted by molar-refractivity contribution is 0.0697. The third-order valence-electron chi connectivity index (χ3n) is 3.02. The van der Waals surface area contributed by atoms with Crippen LogP contribution in [0.3, 0.4) is 0 Å². The molecule has 1 aromatic carbocycles. The number of aromatic amines is 1. The number of carbonyl (C=O) groups is 1. The second-order valence-corrected chi connectivity index (χ2v) is 5.32. The van der Waals surface area contributed by atoms with E-state index >= 15 is 0 Å². The fourth-order valence-electron chi connectivity index (χ4n) is 2.06. The number of hydrogen-bond acceptors (Lipinski definition) is 4. The number of hydrogen-bond donors (Lipinski definition) is 2. The van der Waals surface area contributed by atoms with E-state index in [2.05, 4.69) is 10.2 Å². The molecule has 0 aliphatic heterocycles. The summed E-state index contributed by atoms with van der Waals surface area (Å²) in [6.45, 7) is 0. The number of aromatic carboxylic acids is 1. The molecule has 0 fully saturated rings. The van der Waals surface area contributed by atoms with E-state index in [1.807, 2.05) is 12.1 Å². The Morgan fingerprint density at radius 3 is 2.75 bits per heavy atom. The van der Waals surface area contributed by atoms with Gasteiger partial charge < -0.3 is 5.11 Å². The van der Waals surface area contributed by atoms with Crippen LogP contribution >= 0.6 is 11.3 Å². The molecule has 2 heterocycles. The predicted octanol–water partition coefficient (Wildman–Crippen LogP) is 2.27. The average Bonchev–Trinajstić information content (AvgIpc) is 2.91. The second-order valence-electron chi connectivity index (χ2n) is 4.33. The standard InChI is InChI=1S/C14H10N2O3S/c17-13-11-4-2-1-3-10(11)12(15-16-13)6-9-5-8(7-20-9)14(18)19/h1-5,7H,6H2,(H,16,17)(H,18,19). The summed E-state index contributed by atoms with van der Waals surface area (Å²) in [5.74, 6) is -0.938. The average molecular weight is 286 g/mol. The molecule has 0 saturated heterocycles. The summed E-state index contributed by atoms with van der Waals surface area (Å²) >= 11 is 1.37. The zero-order valence-electron chi connectivity index (χ0n) is 10.3. The van der Waals surface area contributed by atoms with E-state index in [-0.39, 0.29) is 11.1 Å². The van der Waals surface area contributed by atoms with Crippen molar-refractivity contribution in [3.05, 3.63) is 62.2 Å². The van der Waals surface area contributed by atoms with Crippen LogP contribution < -0.4 is 5.56 Å². The molecule has 0 spiro atoms. The van der Waals surface area contributed by atoms with Gasteiger partial charge in [0, 0.05) is 22.1 Å². The number of carboxylic acids is 1. The fraction of sp³-hybridized carbons (Fsp3) is 0.0714. The lowest BCUT2D eigenvalue weighted by Gasteiger charge is -2.02. The van der Waals surface area contributed by atoms with Crippen molar-refractivity contribution in [1.82, 2.24) is 10.2 Å². The highest BCUT2D eigenvalue weighted by molar-refractivity contribution is 7.10. The van der Waals surface area contributed by atoms with Crippen molar-refractivity contribution in [3.63, 3.8) is 0 Å². The summed E-state index contributed by atoms with van der Waals surface area (Å²) in [4.78, 5) is 23.4. The molecule has 0 radical (unpaired) electrons. The minimum atomic E-state index is -0.938. The Bertz CT molecular complexity index is 851. The molecule has 0 bridgehead atoms. The molecule has 2 aromatic heterocycles. The number of carboxylic acid groups (broad SMARTS) is 1. The summed E-state index contributed by atoms with van der Waals surface area (Å²) in [6.07, 6.45) is 0.495. The van der Waals surface area contributed by atoms with Gasteiger partial charge in [-0.15, -0.1) is 11.3 Å². The first-order valence-electron chi connectivity index (χ1n) is 5.92. The number of fused-ring (bicyclic) bond motifs is 1. The maximum atomic E-state index is 11.7. The first-order chi connectivity index (χ1) is 9.65. The molecule has 2 N–H and O–H groups in total. The number of thiophene rings is 1. The van der Waals surface area contributed by atoms with Gasteiger partial charge in [0.1, 0.15) is 0 Å². The molecule has 0 aliphatic carbocycles. The molecule has 0 amide bonds. The van der Waals surface area contributed by atoms with Crippen LogP contribution in [-0.4, -0.2) is 21.3 Å². The van der Waals surface area contributed by atoms with E-state index < -0.39 is 5.97 Å². The summed E-state index contributed by atoms with van der Waals surface area (Å²) in [7, 11) is 0. The van der Waals surface area contributed by atoms with Gasteiger partial charge in [0.05, 0.1) is 16.6 Å².